The minimum Gasteiger partial charge on any atom is -0.329 e. The van der Waals surface area contributed by atoms with E-state index in [2.05, 4.69) is 27.1 Å². The van der Waals surface area contributed by atoms with Crippen LogP contribution in [0.3, 0.4) is 0 Å². The van der Waals surface area contributed by atoms with Gasteiger partial charge in [-0.1, -0.05) is 6.58 Å². The van der Waals surface area contributed by atoms with E-state index in [4.69, 9.17) is 0 Å². The summed E-state index contributed by atoms with van der Waals surface area (Å²) in [5, 5.41) is 9.13. The molecule has 0 atom stereocenters. The Labute approximate surface area is 53.0 Å². The van der Waals surface area contributed by atoms with Crippen LogP contribution in [0.25, 0.3) is 0 Å². The molecule has 0 aromatic carbocycles. The number of hydrogen-bond acceptors (Lipinski definition) is 3. The van der Waals surface area contributed by atoms with Crippen molar-refractivity contribution in [3.63, 3.8) is 0 Å². The monoisotopic (exact) mass is 124 g/mol. The molecule has 1 rings (SSSR count). The van der Waals surface area contributed by atoms with Gasteiger partial charge in [0.1, 0.15) is 6.33 Å². The molecule has 1 aromatic rings. The molecule has 0 aliphatic carbocycles. The van der Waals surface area contributed by atoms with Gasteiger partial charge in [0.2, 0.25) is 5.95 Å². The van der Waals surface area contributed by atoms with Gasteiger partial charge in [0, 0.05) is 5.70 Å². The van der Waals surface area contributed by atoms with Crippen molar-refractivity contribution in [2.45, 2.75) is 6.92 Å². The molecule has 0 aliphatic rings. The Hall–Kier alpha value is -1.32. The van der Waals surface area contributed by atoms with E-state index in [0.29, 0.717) is 5.95 Å². The fraction of sp³-hybridized carbons (Fsp3) is 0.200. The van der Waals surface area contributed by atoms with Gasteiger partial charge in [0.15, 0.2) is 0 Å². The molecule has 0 aliphatic heterocycles. The molecule has 1 aromatic heterocycles. The maximum absolute atomic E-state index is 3.82. The summed E-state index contributed by atoms with van der Waals surface area (Å²) in [5.74, 6) is 0.627. The summed E-state index contributed by atoms with van der Waals surface area (Å²) in [6.45, 7) is 5.48. The molecule has 0 radical (unpaired) electrons. The highest BCUT2D eigenvalue weighted by molar-refractivity contribution is 5.29. The Morgan fingerprint density at radius 2 is 2.67 bits per heavy atom. The first kappa shape index (κ1) is 5.81. The van der Waals surface area contributed by atoms with E-state index in [1.165, 1.54) is 6.33 Å². The number of hydrogen-bond donors (Lipinski definition) is 2. The summed E-state index contributed by atoms with van der Waals surface area (Å²) in [6, 6.07) is 0. The summed E-state index contributed by atoms with van der Waals surface area (Å²) < 4.78 is 0. The lowest BCUT2D eigenvalue weighted by Crippen LogP contribution is -1.94. The largest absolute Gasteiger partial charge is 0.329 e. The van der Waals surface area contributed by atoms with E-state index in [0.717, 1.165) is 5.70 Å². The van der Waals surface area contributed by atoms with Crippen molar-refractivity contribution in [1.29, 1.82) is 0 Å². The highest BCUT2D eigenvalue weighted by Crippen LogP contribution is 1.95. The van der Waals surface area contributed by atoms with Gasteiger partial charge in [-0.05, 0) is 6.92 Å². The van der Waals surface area contributed by atoms with E-state index in [1.807, 2.05) is 6.92 Å². The second-order valence-corrected chi connectivity index (χ2v) is 1.74. The van der Waals surface area contributed by atoms with Crippen molar-refractivity contribution >= 4 is 5.95 Å². The summed E-state index contributed by atoms with van der Waals surface area (Å²) in [4.78, 5) is 3.82. The Morgan fingerprint density at radius 3 is 3.11 bits per heavy atom. The third-order valence-corrected chi connectivity index (χ3v) is 0.747. The lowest BCUT2D eigenvalue weighted by atomic mass is 10.6. The second kappa shape index (κ2) is 2.30. The highest BCUT2D eigenvalue weighted by atomic mass is 15.3. The maximum Gasteiger partial charge on any atom is 0.222 e. The first-order valence-corrected chi connectivity index (χ1v) is 2.57. The molecule has 2 N–H and O–H groups in total. The molecule has 0 spiro atoms. The van der Waals surface area contributed by atoms with Gasteiger partial charge in [0.05, 0.1) is 0 Å². The quantitative estimate of drug-likeness (QED) is 0.611. The molecule has 0 unspecified atom stereocenters. The molecule has 9 heavy (non-hydrogen) atoms. The topological polar surface area (TPSA) is 53.6 Å². The fourth-order valence-corrected chi connectivity index (χ4v) is 0.468. The molecule has 1 heterocycles. The Bertz CT molecular complexity index is 189. The van der Waals surface area contributed by atoms with Crippen LogP contribution in [0.4, 0.5) is 5.95 Å². The highest BCUT2D eigenvalue weighted by Gasteiger charge is 1.89. The van der Waals surface area contributed by atoms with Crippen molar-refractivity contribution in [2.75, 3.05) is 5.32 Å². The van der Waals surface area contributed by atoms with E-state index in [9.17, 15) is 0 Å². The Balaban J connectivity index is 2.58. The van der Waals surface area contributed by atoms with Crippen molar-refractivity contribution in [3.05, 3.63) is 18.6 Å². The van der Waals surface area contributed by atoms with Crippen LogP contribution in [0.2, 0.25) is 0 Å². The zero-order valence-electron chi connectivity index (χ0n) is 5.18. The van der Waals surface area contributed by atoms with E-state index < -0.39 is 0 Å². The van der Waals surface area contributed by atoms with Gasteiger partial charge >= 0.3 is 0 Å². The van der Waals surface area contributed by atoms with Crippen molar-refractivity contribution in [2.24, 2.45) is 0 Å². The summed E-state index contributed by atoms with van der Waals surface area (Å²) >= 11 is 0. The number of nitrogens with zero attached hydrogens (tertiary/aromatic N) is 2. The molecule has 0 bridgehead atoms. The third kappa shape index (κ3) is 1.56. The number of allylic oxidation sites excluding steroid dienone is 1. The molecule has 0 saturated heterocycles. The van der Waals surface area contributed by atoms with Crippen molar-refractivity contribution in [3.8, 4) is 0 Å². The van der Waals surface area contributed by atoms with Crippen LogP contribution in [-0.2, 0) is 0 Å². The van der Waals surface area contributed by atoms with Crippen LogP contribution >= 0.6 is 0 Å². The molecule has 4 heteroatoms. The predicted molar refractivity (Wildman–Crippen MR) is 34.8 cm³/mol. The zero-order chi connectivity index (χ0) is 6.69. The number of nitrogens with one attached hydrogen (secondary N) is 2. The summed E-state index contributed by atoms with van der Waals surface area (Å²) in [6.07, 6.45) is 1.44. The number of H-pyrrole nitrogens is 1. The average Bonchev–Trinajstić information content (AvgIpc) is 2.15. The predicted octanol–water partition coefficient (Wildman–Crippen LogP) is 0.750. The number of anilines is 1. The molecule has 0 saturated carbocycles. The molecule has 0 fully saturated rings. The average molecular weight is 124 g/mol. The van der Waals surface area contributed by atoms with Crippen molar-refractivity contribution in [1.82, 2.24) is 15.2 Å². The maximum atomic E-state index is 3.82. The van der Waals surface area contributed by atoms with Gasteiger partial charge < -0.3 is 5.32 Å². The van der Waals surface area contributed by atoms with Crippen LogP contribution < -0.4 is 5.32 Å². The zero-order valence-corrected chi connectivity index (χ0v) is 5.18. The van der Waals surface area contributed by atoms with E-state index in [-0.39, 0.29) is 0 Å². The lowest BCUT2D eigenvalue weighted by molar-refractivity contribution is 1.09. The lowest BCUT2D eigenvalue weighted by Gasteiger charge is -1.96. The van der Waals surface area contributed by atoms with E-state index >= 15 is 0 Å². The van der Waals surface area contributed by atoms with Crippen LogP contribution in [-0.4, -0.2) is 15.2 Å². The van der Waals surface area contributed by atoms with Crippen LogP contribution in [0, 0.1) is 0 Å². The van der Waals surface area contributed by atoms with Gasteiger partial charge in [-0.3, -0.25) is 0 Å². The molecular weight excluding hydrogens is 116 g/mol. The Morgan fingerprint density at radius 1 is 1.89 bits per heavy atom. The number of aromatic nitrogens is 3. The standard InChI is InChI=1S/C5H8N4/c1-4(2)8-5-6-3-7-9-5/h3H,1H2,2H3,(H2,6,7,8,9). The first-order chi connectivity index (χ1) is 4.29. The third-order valence-electron chi connectivity index (χ3n) is 0.747. The minimum absolute atomic E-state index is 0.627. The number of aromatic amines is 1. The molecular formula is C5H8N4. The van der Waals surface area contributed by atoms with Crippen LogP contribution in [0.1, 0.15) is 6.92 Å². The van der Waals surface area contributed by atoms with Gasteiger partial charge in [-0.2, -0.15) is 10.1 Å². The SMILES string of the molecule is C=C(C)Nc1ncn[nH]1. The van der Waals surface area contributed by atoms with Gasteiger partial charge in [0.25, 0.3) is 0 Å². The Kier molecular flexibility index (Phi) is 1.48. The molecule has 4 nitrogen and oxygen atoms in total. The minimum atomic E-state index is 0.627. The van der Waals surface area contributed by atoms with Crippen molar-refractivity contribution < 1.29 is 0 Å². The normalized spacial score (nSPS) is 9.00. The number of rotatable bonds is 2. The molecule has 48 valence electrons. The van der Waals surface area contributed by atoms with E-state index in [1.54, 1.807) is 0 Å². The second-order valence-electron chi connectivity index (χ2n) is 1.74. The van der Waals surface area contributed by atoms with Gasteiger partial charge in [-0.25, -0.2) is 5.10 Å². The fourth-order valence-electron chi connectivity index (χ4n) is 0.468. The summed E-state index contributed by atoms with van der Waals surface area (Å²) in [7, 11) is 0. The van der Waals surface area contributed by atoms with Crippen LogP contribution in [0.5, 0.6) is 0 Å². The smallest absolute Gasteiger partial charge is 0.222 e. The first-order valence-electron chi connectivity index (χ1n) is 2.57. The molecule has 0 amide bonds. The van der Waals surface area contributed by atoms with Gasteiger partial charge in [-0.15, -0.1) is 0 Å². The summed E-state index contributed by atoms with van der Waals surface area (Å²) in [5.41, 5.74) is 0.840. The van der Waals surface area contributed by atoms with Crippen LogP contribution in [0.15, 0.2) is 18.6 Å².